The maximum atomic E-state index is 13.0. The van der Waals surface area contributed by atoms with E-state index in [2.05, 4.69) is 15.0 Å². The van der Waals surface area contributed by atoms with Crippen molar-refractivity contribution in [2.45, 2.75) is 18.7 Å². The van der Waals surface area contributed by atoms with Gasteiger partial charge in [-0.15, -0.1) is 0 Å². The number of sulfonamides is 1. The molecule has 4 rings (SSSR count). The van der Waals surface area contributed by atoms with Gasteiger partial charge in [0, 0.05) is 0 Å². The van der Waals surface area contributed by atoms with Gasteiger partial charge in [0.25, 0.3) is 15.9 Å². The third-order valence-electron chi connectivity index (χ3n) is 4.95. The van der Waals surface area contributed by atoms with Crippen molar-refractivity contribution in [2.24, 2.45) is 0 Å². The molecule has 0 aliphatic heterocycles. The van der Waals surface area contributed by atoms with Crippen molar-refractivity contribution in [3.8, 4) is 5.75 Å². The normalized spacial score (nSPS) is 11.3. The SMILES string of the molecule is COc1ccc(S(=O)(=O)Nc2ccccc2C(=O)Nc2nc3c(C)ccc(C)c3s2)cc1. The van der Waals surface area contributed by atoms with E-state index in [4.69, 9.17) is 4.74 Å². The van der Waals surface area contributed by atoms with Gasteiger partial charge < -0.3 is 4.74 Å². The van der Waals surface area contributed by atoms with E-state index in [-0.39, 0.29) is 16.1 Å². The number of carbonyl (C=O) groups excluding carboxylic acids is 1. The van der Waals surface area contributed by atoms with Crippen LogP contribution in [0.5, 0.6) is 5.75 Å². The zero-order valence-electron chi connectivity index (χ0n) is 17.7. The van der Waals surface area contributed by atoms with E-state index in [0.29, 0.717) is 10.9 Å². The highest BCUT2D eigenvalue weighted by atomic mass is 32.2. The predicted octanol–water partition coefficient (Wildman–Crippen LogP) is 4.97. The van der Waals surface area contributed by atoms with Crippen molar-refractivity contribution < 1.29 is 17.9 Å². The molecule has 0 unspecified atom stereocenters. The standard InChI is InChI=1S/C23H21N3O4S2/c1-14-8-9-15(2)21-20(14)24-23(31-21)25-22(27)18-6-4-5-7-19(18)26-32(28,29)17-12-10-16(30-3)11-13-17/h4-13,26H,1-3H3,(H,24,25,27). The van der Waals surface area contributed by atoms with Crippen LogP contribution < -0.4 is 14.8 Å². The Morgan fingerprint density at radius 2 is 1.66 bits per heavy atom. The van der Waals surface area contributed by atoms with Gasteiger partial charge in [-0.1, -0.05) is 35.6 Å². The van der Waals surface area contributed by atoms with Gasteiger partial charge in [-0.05, 0) is 61.4 Å². The smallest absolute Gasteiger partial charge is 0.261 e. The molecular weight excluding hydrogens is 446 g/mol. The third kappa shape index (κ3) is 4.30. The highest BCUT2D eigenvalue weighted by molar-refractivity contribution is 7.92. The molecule has 1 amide bonds. The molecule has 0 radical (unpaired) electrons. The minimum atomic E-state index is -3.90. The summed E-state index contributed by atoms with van der Waals surface area (Å²) >= 11 is 1.39. The Bertz CT molecular complexity index is 1370. The minimum Gasteiger partial charge on any atom is -0.497 e. The molecule has 0 atom stereocenters. The molecule has 1 heterocycles. The number of amides is 1. The van der Waals surface area contributed by atoms with E-state index in [1.165, 1.54) is 30.6 Å². The van der Waals surface area contributed by atoms with Crippen LogP contribution in [0.3, 0.4) is 0 Å². The first kappa shape index (κ1) is 21.8. The van der Waals surface area contributed by atoms with Crippen molar-refractivity contribution in [1.82, 2.24) is 4.98 Å². The molecule has 7 nitrogen and oxygen atoms in total. The zero-order chi connectivity index (χ0) is 22.9. The predicted molar refractivity (Wildman–Crippen MR) is 127 cm³/mol. The second-order valence-electron chi connectivity index (χ2n) is 7.18. The number of fused-ring (bicyclic) bond motifs is 1. The molecule has 0 bridgehead atoms. The molecule has 2 N–H and O–H groups in total. The lowest BCUT2D eigenvalue weighted by atomic mass is 10.1. The number of para-hydroxylation sites is 1. The number of benzene rings is 3. The molecule has 3 aromatic carbocycles. The van der Waals surface area contributed by atoms with E-state index in [9.17, 15) is 13.2 Å². The maximum Gasteiger partial charge on any atom is 0.261 e. The van der Waals surface area contributed by atoms with Gasteiger partial charge in [0.1, 0.15) is 5.75 Å². The molecule has 9 heteroatoms. The number of anilines is 2. The summed E-state index contributed by atoms with van der Waals surface area (Å²) in [5.41, 5.74) is 3.32. The third-order valence-corrected chi connectivity index (χ3v) is 7.44. The van der Waals surface area contributed by atoms with Gasteiger partial charge in [0.05, 0.1) is 33.5 Å². The molecule has 0 spiro atoms. The Hall–Kier alpha value is -3.43. The first-order valence-electron chi connectivity index (χ1n) is 9.72. The summed E-state index contributed by atoms with van der Waals surface area (Å²) in [5.74, 6) is 0.0948. The van der Waals surface area contributed by atoms with Crippen LogP contribution in [0.2, 0.25) is 0 Å². The number of hydrogen-bond acceptors (Lipinski definition) is 6. The van der Waals surface area contributed by atoms with Crippen LogP contribution in [0.15, 0.2) is 65.6 Å². The molecule has 0 fully saturated rings. The van der Waals surface area contributed by atoms with Crippen LogP contribution in [-0.4, -0.2) is 26.4 Å². The quantitative estimate of drug-likeness (QED) is 0.417. The van der Waals surface area contributed by atoms with Gasteiger partial charge >= 0.3 is 0 Å². The number of methoxy groups -OCH3 is 1. The second kappa shape index (κ2) is 8.60. The molecule has 164 valence electrons. The van der Waals surface area contributed by atoms with E-state index in [1.807, 2.05) is 26.0 Å². The molecule has 1 aromatic heterocycles. The summed E-state index contributed by atoms with van der Waals surface area (Å²) in [6.07, 6.45) is 0. The molecule has 4 aromatic rings. The van der Waals surface area contributed by atoms with E-state index >= 15 is 0 Å². The van der Waals surface area contributed by atoms with Gasteiger partial charge in [-0.25, -0.2) is 13.4 Å². The molecule has 0 aliphatic carbocycles. The lowest BCUT2D eigenvalue weighted by Gasteiger charge is -2.12. The van der Waals surface area contributed by atoms with Crippen LogP contribution in [0.25, 0.3) is 10.2 Å². The lowest BCUT2D eigenvalue weighted by molar-refractivity contribution is 0.102. The number of thiazole rings is 1. The molecule has 0 aliphatic rings. The van der Waals surface area contributed by atoms with Crippen molar-refractivity contribution in [2.75, 3.05) is 17.1 Å². The molecule has 32 heavy (non-hydrogen) atoms. The number of nitrogens with zero attached hydrogens (tertiary/aromatic N) is 1. The first-order chi connectivity index (χ1) is 15.3. The van der Waals surface area contributed by atoms with Crippen molar-refractivity contribution in [1.29, 1.82) is 0 Å². The Balaban J connectivity index is 1.61. The van der Waals surface area contributed by atoms with Crippen LogP contribution in [0.4, 0.5) is 10.8 Å². The summed E-state index contributed by atoms with van der Waals surface area (Å²) in [5, 5.41) is 3.25. The maximum absolute atomic E-state index is 13.0. The summed E-state index contributed by atoms with van der Waals surface area (Å²) < 4.78 is 34.3. The van der Waals surface area contributed by atoms with Crippen molar-refractivity contribution in [3.05, 3.63) is 77.4 Å². The van der Waals surface area contributed by atoms with Gasteiger partial charge in [-0.3, -0.25) is 14.8 Å². The van der Waals surface area contributed by atoms with Gasteiger partial charge in [0.15, 0.2) is 5.13 Å². The Morgan fingerprint density at radius 1 is 0.969 bits per heavy atom. The average Bonchev–Trinajstić information content (AvgIpc) is 3.21. The monoisotopic (exact) mass is 467 g/mol. The topological polar surface area (TPSA) is 97.4 Å². The van der Waals surface area contributed by atoms with Crippen molar-refractivity contribution in [3.63, 3.8) is 0 Å². The van der Waals surface area contributed by atoms with Gasteiger partial charge in [0.2, 0.25) is 0 Å². The number of rotatable bonds is 6. The highest BCUT2D eigenvalue weighted by Crippen LogP contribution is 2.31. The molecule has 0 saturated heterocycles. The first-order valence-corrected chi connectivity index (χ1v) is 12.0. The fraction of sp³-hybridized carbons (Fsp3) is 0.130. The number of aromatic nitrogens is 1. The lowest BCUT2D eigenvalue weighted by Crippen LogP contribution is -2.18. The number of ether oxygens (including phenoxy) is 1. The molecular formula is C23H21N3O4S2. The van der Waals surface area contributed by atoms with Crippen molar-refractivity contribution >= 4 is 48.3 Å². The van der Waals surface area contributed by atoms with Crippen LogP contribution >= 0.6 is 11.3 Å². The van der Waals surface area contributed by atoms with Crippen LogP contribution in [0, 0.1) is 13.8 Å². The summed E-state index contributed by atoms with van der Waals surface area (Å²) in [6, 6.07) is 16.4. The number of carbonyl (C=O) groups is 1. The fourth-order valence-corrected chi connectivity index (χ4v) is 5.29. The highest BCUT2D eigenvalue weighted by Gasteiger charge is 2.20. The Labute approximate surface area is 190 Å². The Kier molecular flexibility index (Phi) is 5.86. The number of hydrogen-bond donors (Lipinski definition) is 2. The zero-order valence-corrected chi connectivity index (χ0v) is 19.3. The second-order valence-corrected chi connectivity index (χ2v) is 9.86. The summed E-state index contributed by atoms with van der Waals surface area (Å²) in [6.45, 7) is 3.96. The van der Waals surface area contributed by atoms with Crippen LogP contribution in [-0.2, 0) is 10.0 Å². The largest absolute Gasteiger partial charge is 0.497 e. The van der Waals surface area contributed by atoms with Gasteiger partial charge in [-0.2, -0.15) is 0 Å². The fourth-order valence-electron chi connectivity index (χ4n) is 3.21. The van der Waals surface area contributed by atoms with E-state index < -0.39 is 15.9 Å². The number of aryl methyl sites for hydroxylation is 2. The number of nitrogens with one attached hydrogen (secondary N) is 2. The van der Waals surface area contributed by atoms with E-state index in [0.717, 1.165) is 21.3 Å². The average molecular weight is 468 g/mol. The molecule has 0 saturated carbocycles. The van der Waals surface area contributed by atoms with Crippen LogP contribution in [0.1, 0.15) is 21.5 Å². The summed E-state index contributed by atoms with van der Waals surface area (Å²) in [7, 11) is -2.39. The van der Waals surface area contributed by atoms with E-state index in [1.54, 1.807) is 36.4 Å². The summed E-state index contributed by atoms with van der Waals surface area (Å²) in [4.78, 5) is 17.6. The minimum absolute atomic E-state index is 0.0608. The Morgan fingerprint density at radius 3 is 2.34 bits per heavy atom.